The smallest absolute Gasteiger partial charge is 0.0901 e. The first-order valence-electron chi connectivity index (χ1n) is 3.08. The Morgan fingerprint density at radius 3 is 2.12 bits per heavy atom. The van der Waals surface area contributed by atoms with Crippen molar-refractivity contribution in [3.8, 4) is 0 Å². The fraction of sp³-hybridized carbons (Fsp3) is 0.714. The summed E-state index contributed by atoms with van der Waals surface area (Å²) in [5.74, 6) is 0.796. The average molecular weight is 112 g/mol. The highest BCUT2D eigenvalue weighted by atomic mass is 15.4. The predicted molar refractivity (Wildman–Crippen MR) is 35.5 cm³/mol. The molecule has 0 unspecified atom stereocenters. The molecule has 0 amide bonds. The third-order valence-electron chi connectivity index (χ3n) is 1.79. The van der Waals surface area contributed by atoms with Gasteiger partial charge in [0.1, 0.15) is 0 Å². The highest BCUT2D eigenvalue weighted by Crippen LogP contribution is 2.20. The highest BCUT2D eigenvalue weighted by Gasteiger charge is 2.33. The maximum absolute atomic E-state index is 3.74. The summed E-state index contributed by atoms with van der Waals surface area (Å²) in [4.78, 5) is 0. The van der Waals surface area contributed by atoms with Crippen molar-refractivity contribution in [3.05, 3.63) is 12.7 Å². The first kappa shape index (κ1) is 5.83. The predicted octanol–water partition coefficient (Wildman–Crippen LogP) is 0.879. The van der Waals surface area contributed by atoms with Gasteiger partial charge >= 0.3 is 0 Å². The van der Waals surface area contributed by atoms with Crippen LogP contribution in [0.5, 0.6) is 0 Å². The molecule has 0 saturated carbocycles. The van der Waals surface area contributed by atoms with Crippen LogP contribution in [-0.4, -0.2) is 31.7 Å². The van der Waals surface area contributed by atoms with Crippen molar-refractivity contribution >= 4 is 0 Å². The van der Waals surface area contributed by atoms with Crippen LogP contribution < -0.4 is 0 Å². The van der Waals surface area contributed by atoms with Crippen LogP contribution >= 0.6 is 0 Å². The van der Waals surface area contributed by atoms with Crippen LogP contribution in [0.15, 0.2) is 12.7 Å². The molecule has 46 valence electrons. The summed E-state index contributed by atoms with van der Waals surface area (Å²) in [6.45, 7) is 6.30. The summed E-state index contributed by atoms with van der Waals surface area (Å²) >= 11 is 0. The molecule has 0 aromatic carbocycles. The second-order valence-electron chi connectivity index (χ2n) is 3.30. The molecule has 1 rings (SSSR count). The van der Waals surface area contributed by atoms with Gasteiger partial charge in [-0.15, -0.1) is 6.58 Å². The normalized spacial score (nSPS) is 26.8. The molecule has 0 bridgehead atoms. The third-order valence-corrected chi connectivity index (χ3v) is 1.79. The minimum Gasteiger partial charge on any atom is -0.327 e. The van der Waals surface area contributed by atoms with Crippen LogP contribution in [0, 0.1) is 5.92 Å². The van der Waals surface area contributed by atoms with Crippen LogP contribution in [0.2, 0.25) is 0 Å². The molecule has 0 radical (unpaired) electrons. The Morgan fingerprint density at radius 1 is 1.50 bits per heavy atom. The maximum Gasteiger partial charge on any atom is 0.0901 e. The van der Waals surface area contributed by atoms with E-state index in [2.05, 4.69) is 26.8 Å². The van der Waals surface area contributed by atoms with Gasteiger partial charge in [0.2, 0.25) is 0 Å². The van der Waals surface area contributed by atoms with Crippen LogP contribution in [0.4, 0.5) is 0 Å². The Balaban J connectivity index is 2.31. The standard InChI is InChI=1S/C7H14N/c1-4-7-5-8(2,3)6-7/h4,7H,1,5-6H2,2-3H3/q+1. The van der Waals surface area contributed by atoms with Gasteiger partial charge < -0.3 is 4.48 Å². The average Bonchev–Trinajstić information content (AvgIpc) is 1.60. The quantitative estimate of drug-likeness (QED) is 0.349. The van der Waals surface area contributed by atoms with E-state index in [1.807, 2.05) is 0 Å². The number of nitrogens with zero attached hydrogens (tertiary/aromatic N) is 1. The first-order valence-corrected chi connectivity index (χ1v) is 3.08. The van der Waals surface area contributed by atoms with Gasteiger partial charge in [-0.25, -0.2) is 0 Å². The number of hydrogen-bond acceptors (Lipinski definition) is 0. The zero-order chi connectivity index (χ0) is 6.20. The molecule has 0 aromatic heterocycles. The number of likely N-dealkylation sites (tertiary alicyclic amines) is 1. The van der Waals surface area contributed by atoms with E-state index in [-0.39, 0.29) is 0 Å². The van der Waals surface area contributed by atoms with E-state index in [9.17, 15) is 0 Å². The van der Waals surface area contributed by atoms with E-state index in [4.69, 9.17) is 0 Å². The molecule has 0 spiro atoms. The molecular formula is C7H14N+. The van der Waals surface area contributed by atoms with Gasteiger partial charge in [-0.1, -0.05) is 6.08 Å². The van der Waals surface area contributed by atoms with Gasteiger partial charge in [0.05, 0.1) is 33.1 Å². The fourth-order valence-electron chi connectivity index (χ4n) is 1.37. The minimum atomic E-state index is 0.796. The monoisotopic (exact) mass is 112 g/mol. The van der Waals surface area contributed by atoms with E-state index in [1.54, 1.807) is 0 Å². The van der Waals surface area contributed by atoms with E-state index >= 15 is 0 Å². The van der Waals surface area contributed by atoms with Gasteiger partial charge in [0, 0.05) is 0 Å². The molecule has 0 N–H and O–H groups in total. The largest absolute Gasteiger partial charge is 0.327 e. The Bertz CT molecular complexity index is 97.0. The summed E-state index contributed by atoms with van der Waals surface area (Å²) in [6, 6.07) is 0. The second-order valence-corrected chi connectivity index (χ2v) is 3.30. The van der Waals surface area contributed by atoms with Gasteiger partial charge in [-0.3, -0.25) is 0 Å². The summed E-state index contributed by atoms with van der Waals surface area (Å²) in [5, 5.41) is 0. The highest BCUT2D eigenvalue weighted by molar-refractivity contribution is 4.83. The molecule has 0 aromatic rings. The van der Waals surface area contributed by atoms with Crippen LogP contribution in [0.3, 0.4) is 0 Å². The van der Waals surface area contributed by atoms with E-state index in [0.29, 0.717) is 0 Å². The Kier molecular flexibility index (Phi) is 1.16. The molecule has 1 nitrogen and oxygen atoms in total. The Morgan fingerprint density at radius 2 is 2.00 bits per heavy atom. The van der Waals surface area contributed by atoms with Crippen LogP contribution in [0.25, 0.3) is 0 Å². The van der Waals surface area contributed by atoms with E-state index < -0.39 is 0 Å². The maximum atomic E-state index is 3.74. The zero-order valence-electron chi connectivity index (χ0n) is 5.72. The molecule has 1 aliphatic rings. The lowest BCUT2D eigenvalue weighted by molar-refractivity contribution is -0.936. The lowest BCUT2D eigenvalue weighted by atomic mass is 9.99. The van der Waals surface area contributed by atoms with Crippen molar-refractivity contribution in [2.45, 2.75) is 0 Å². The van der Waals surface area contributed by atoms with Crippen molar-refractivity contribution in [1.29, 1.82) is 0 Å². The summed E-state index contributed by atoms with van der Waals surface area (Å²) < 4.78 is 1.18. The van der Waals surface area contributed by atoms with Gasteiger partial charge in [0.15, 0.2) is 0 Å². The molecule has 0 aliphatic carbocycles. The molecule has 8 heavy (non-hydrogen) atoms. The molecule has 1 heteroatoms. The third kappa shape index (κ3) is 0.920. The first-order chi connectivity index (χ1) is 3.64. The van der Waals surface area contributed by atoms with Crippen molar-refractivity contribution in [2.75, 3.05) is 27.2 Å². The zero-order valence-corrected chi connectivity index (χ0v) is 5.72. The lowest BCUT2D eigenvalue weighted by Gasteiger charge is -2.43. The Labute approximate surface area is 51.2 Å². The van der Waals surface area contributed by atoms with Gasteiger partial charge in [-0.2, -0.15) is 0 Å². The lowest BCUT2D eigenvalue weighted by Crippen LogP contribution is -2.57. The van der Waals surface area contributed by atoms with Crippen molar-refractivity contribution in [2.24, 2.45) is 5.92 Å². The van der Waals surface area contributed by atoms with Gasteiger partial charge in [0.25, 0.3) is 0 Å². The molecule has 1 heterocycles. The van der Waals surface area contributed by atoms with Crippen LogP contribution in [0.1, 0.15) is 0 Å². The summed E-state index contributed by atoms with van der Waals surface area (Å²) in [6.07, 6.45) is 2.06. The number of hydrogen-bond donors (Lipinski definition) is 0. The molecule has 1 fully saturated rings. The molecule has 1 saturated heterocycles. The second kappa shape index (κ2) is 1.59. The molecular weight excluding hydrogens is 98.1 g/mol. The number of quaternary nitrogens is 1. The fourth-order valence-corrected chi connectivity index (χ4v) is 1.37. The summed E-state index contributed by atoms with van der Waals surface area (Å²) in [5.41, 5.74) is 0. The Hall–Kier alpha value is -0.300. The summed E-state index contributed by atoms with van der Waals surface area (Å²) in [7, 11) is 4.50. The SMILES string of the molecule is C=CC1C[N+](C)(C)C1. The van der Waals surface area contributed by atoms with Crippen LogP contribution in [-0.2, 0) is 0 Å². The number of rotatable bonds is 1. The van der Waals surface area contributed by atoms with E-state index in [1.165, 1.54) is 17.6 Å². The van der Waals surface area contributed by atoms with Crippen molar-refractivity contribution < 1.29 is 4.48 Å². The molecule has 1 aliphatic heterocycles. The topological polar surface area (TPSA) is 0 Å². The van der Waals surface area contributed by atoms with Gasteiger partial charge in [-0.05, 0) is 0 Å². The molecule has 0 atom stereocenters. The van der Waals surface area contributed by atoms with E-state index in [0.717, 1.165) is 5.92 Å². The minimum absolute atomic E-state index is 0.796. The van der Waals surface area contributed by atoms with Crippen molar-refractivity contribution in [1.82, 2.24) is 0 Å². The van der Waals surface area contributed by atoms with Crippen molar-refractivity contribution in [3.63, 3.8) is 0 Å².